The molecule has 2 heterocycles. The van der Waals surface area contributed by atoms with Crippen molar-refractivity contribution in [1.82, 2.24) is 14.7 Å². The number of hydrogen-bond donors (Lipinski definition) is 1. The van der Waals surface area contributed by atoms with E-state index in [4.69, 9.17) is 16.7 Å². The van der Waals surface area contributed by atoms with E-state index in [0.717, 1.165) is 16.8 Å². The normalized spacial score (nSPS) is 12.7. The maximum absolute atomic E-state index is 12.7. The molecule has 0 saturated heterocycles. The van der Waals surface area contributed by atoms with Crippen LogP contribution in [0.3, 0.4) is 0 Å². The van der Waals surface area contributed by atoms with E-state index in [1.807, 2.05) is 39.0 Å². The molecule has 0 aliphatic heterocycles. The summed E-state index contributed by atoms with van der Waals surface area (Å²) in [7, 11) is 0. The molecule has 0 saturated carbocycles. The van der Waals surface area contributed by atoms with Crippen LogP contribution in [0.1, 0.15) is 30.0 Å². The summed E-state index contributed by atoms with van der Waals surface area (Å²) >= 11 is 5.36. The van der Waals surface area contributed by atoms with Crippen LogP contribution in [-0.4, -0.2) is 14.7 Å². The Kier molecular flexibility index (Phi) is 3.25. The van der Waals surface area contributed by atoms with Gasteiger partial charge in [0.2, 0.25) is 0 Å². The molecule has 1 atom stereocenters. The summed E-state index contributed by atoms with van der Waals surface area (Å²) in [6.45, 7) is 5.62. The molecular formula is C15H15N3O2S. The molecule has 3 aromatic rings. The Morgan fingerprint density at radius 3 is 2.71 bits per heavy atom. The molecule has 0 bridgehead atoms. The van der Waals surface area contributed by atoms with Crippen LogP contribution in [0.5, 0.6) is 0 Å². The van der Waals surface area contributed by atoms with Crippen LogP contribution < -0.4 is 5.56 Å². The minimum atomic E-state index is -0.239. The fourth-order valence-corrected chi connectivity index (χ4v) is 3.09. The molecule has 1 N–H and O–H groups in total. The number of H-pyrrole nitrogens is 1. The second-order valence-electron chi connectivity index (χ2n) is 5.06. The van der Waals surface area contributed by atoms with Crippen molar-refractivity contribution < 1.29 is 4.52 Å². The highest BCUT2D eigenvalue weighted by molar-refractivity contribution is 7.71. The third-order valence-electron chi connectivity index (χ3n) is 3.73. The Bertz CT molecular complexity index is 916. The Morgan fingerprint density at radius 2 is 2.05 bits per heavy atom. The van der Waals surface area contributed by atoms with Crippen LogP contribution in [0.4, 0.5) is 0 Å². The Labute approximate surface area is 126 Å². The van der Waals surface area contributed by atoms with E-state index in [1.165, 1.54) is 0 Å². The molecule has 21 heavy (non-hydrogen) atoms. The molecule has 0 fully saturated rings. The van der Waals surface area contributed by atoms with Crippen LogP contribution >= 0.6 is 12.2 Å². The summed E-state index contributed by atoms with van der Waals surface area (Å²) in [6, 6.07) is 7.11. The van der Waals surface area contributed by atoms with Gasteiger partial charge < -0.3 is 9.51 Å². The molecule has 108 valence electrons. The minimum absolute atomic E-state index is 0.109. The van der Waals surface area contributed by atoms with Crippen LogP contribution in [0, 0.1) is 18.6 Å². The van der Waals surface area contributed by atoms with Crippen LogP contribution in [0.25, 0.3) is 10.9 Å². The number of benzene rings is 1. The molecule has 3 rings (SSSR count). The van der Waals surface area contributed by atoms with Crippen LogP contribution in [0.2, 0.25) is 0 Å². The van der Waals surface area contributed by atoms with Gasteiger partial charge in [0.25, 0.3) is 5.56 Å². The Balaban J connectivity index is 2.31. The molecule has 5 nitrogen and oxygen atoms in total. The molecule has 2 aromatic heterocycles. The number of aryl methyl sites for hydroxylation is 2. The highest BCUT2D eigenvalue weighted by Gasteiger charge is 2.20. The molecule has 6 heteroatoms. The maximum Gasteiger partial charge on any atom is 0.262 e. The molecule has 0 aliphatic rings. The zero-order chi connectivity index (χ0) is 15.1. The molecule has 1 aromatic carbocycles. The molecule has 0 radical (unpaired) electrons. The lowest BCUT2D eigenvalue weighted by Gasteiger charge is -2.16. The zero-order valence-electron chi connectivity index (χ0n) is 12.0. The fraction of sp³-hybridized carbons (Fsp3) is 0.267. The van der Waals surface area contributed by atoms with Gasteiger partial charge in [0, 0.05) is 5.56 Å². The molecule has 0 amide bonds. The van der Waals surface area contributed by atoms with Gasteiger partial charge in [-0.25, -0.2) is 0 Å². The average molecular weight is 301 g/mol. The van der Waals surface area contributed by atoms with Gasteiger partial charge in [-0.3, -0.25) is 9.36 Å². The van der Waals surface area contributed by atoms with E-state index < -0.39 is 0 Å². The molecule has 1 unspecified atom stereocenters. The predicted molar refractivity (Wildman–Crippen MR) is 83.2 cm³/mol. The van der Waals surface area contributed by atoms with Crippen molar-refractivity contribution in [1.29, 1.82) is 0 Å². The van der Waals surface area contributed by atoms with Gasteiger partial charge in [0.15, 0.2) is 4.77 Å². The monoisotopic (exact) mass is 301 g/mol. The van der Waals surface area contributed by atoms with Crippen molar-refractivity contribution in [3.05, 3.63) is 56.4 Å². The number of rotatable bonds is 2. The predicted octanol–water partition coefficient (Wildman–Crippen LogP) is 3.27. The van der Waals surface area contributed by atoms with Gasteiger partial charge in [-0.05, 0) is 45.1 Å². The van der Waals surface area contributed by atoms with Gasteiger partial charge in [0.1, 0.15) is 5.76 Å². The van der Waals surface area contributed by atoms with E-state index in [1.54, 1.807) is 10.6 Å². The molecular weight excluding hydrogens is 286 g/mol. The van der Waals surface area contributed by atoms with Crippen molar-refractivity contribution in [2.75, 3.05) is 0 Å². The smallest absolute Gasteiger partial charge is 0.262 e. The van der Waals surface area contributed by atoms with Crippen molar-refractivity contribution in [3.63, 3.8) is 0 Å². The minimum Gasteiger partial charge on any atom is -0.361 e. The average Bonchev–Trinajstić information content (AvgIpc) is 2.78. The number of aromatic amines is 1. The van der Waals surface area contributed by atoms with Crippen molar-refractivity contribution >= 4 is 23.1 Å². The van der Waals surface area contributed by atoms with Gasteiger partial charge in [-0.15, -0.1) is 0 Å². The van der Waals surface area contributed by atoms with Gasteiger partial charge in [-0.1, -0.05) is 17.3 Å². The van der Waals surface area contributed by atoms with Gasteiger partial charge in [0.05, 0.1) is 22.6 Å². The summed E-state index contributed by atoms with van der Waals surface area (Å²) in [5.41, 5.74) is 2.30. The SMILES string of the molecule is Cc1noc(C)c1C(C)n1c(=S)[nH]c2ccccc2c1=O. The number of para-hydroxylation sites is 1. The highest BCUT2D eigenvalue weighted by atomic mass is 32.1. The first-order valence-corrected chi connectivity index (χ1v) is 7.08. The van der Waals surface area contributed by atoms with E-state index in [-0.39, 0.29) is 11.6 Å². The van der Waals surface area contributed by atoms with Crippen LogP contribution in [0.15, 0.2) is 33.6 Å². The summed E-state index contributed by atoms with van der Waals surface area (Å²) in [6.07, 6.45) is 0. The third kappa shape index (κ3) is 2.12. The number of fused-ring (bicyclic) bond motifs is 1. The quantitative estimate of drug-likeness (QED) is 0.738. The van der Waals surface area contributed by atoms with Gasteiger partial charge >= 0.3 is 0 Å². The standard InChI is InChI=1S/C15H15N3O2S/c1-8-13(10(3)20-17-8)9(2)18-14(19)11-6-4-5-7-12(11)16-15(18)21/h4-7,9H,1-3H3,(H,16,21). The Hall–Kier alpha value is -2.21. The topological polar surface area (TPSA) is 63.8 Å². The number of nitrogens with zero attached hydrogens (tertiary/aromatic N) is 2. The molecule has 0 aliphatic carbocycles. The molecule has 0 spiro atoms. The summed E-state index contributed by atoms with van der Waals surface area (Å²) < 4.78 is 7.16. The summed E-state index contributed by atoms with van der Waals surface area (Å²) in [4.78, 5) is 15.8. The first-order valence-electron chi connectivity index (χ1n) is 6.67. The van der Waals surface area contributed by atoms with Crippen molar-refractivity contribution in [3.8, 4) is 0 Å². The van der Waals surface area contributed by atoms with E-state index in [9.17, 15) is 4.79 Å². The van der Waals surface area contributed by atoms with E-state index in [2.05, 4.69) is 10.1 Å². The number of aromatic nitrogens is 3. The summed E-state index contributed by atoms with van der Waals surface area (Å²) in [5, 5.41) is 4.57. The van der Waals surface area contributed by atoms with Gasteiger partial charge in [-0.2, -0.15) is 0 Å². The lowest BCUT2D eigenvalue weighted by Crippen LogP contribution is -2.26. The lowest BCUT2D eigenvalue weighted by atomic mass is 10.1. The van der Waals surface area contributed by atoms with E-state index >= 15 is 0 Å². The second kappa shape index (κ2) is 4.96. The largest absolute Gasteiger partial charge is 0.361 e. The second-order valence-corrected chi connectivity index (χ2v) is 5.45. The van der Waals surface area contributed by atoms with E-state index in [0.29, 0.717) is 15.9 Å². The lowest BCUT2D eigenvalue weighted by molar-refractivity contribution is 0.390. The first kappa shape index (κ1) is 13.8. The Morgan fingerprint density at radius 1 is 1.33 bits per heavy atom. The third-order valence-corrected chi connectivity index (χ3v) is 4.03. The van der Waals surface area contributed by atoms with Crippen molar-refractivity contribution in [2.45, 2.75) is 26.8 Å². The first-order chi connectivity index (χ1) is 10.0. The highest BCUT2D eigenvalue weighted by Crippen LogP contribution is 2.24. The summed E-state index contributed by atoms with van der Waals surface area (Å²) in [5.74, 6) is 0.703. The number of nitrogens with one attached hydrogen (secondary N) is 1. The fourth-order valence-electron chi connectivity index (χ4n) is 2.74. The van der Waals surface area contributed by atoms with Crippen LogP contribution in [-0.2, 0) is 0 Å². The zero-order valence-corrected chi connectivity index (χ0v) is 12.8. The van der Waals surface area contributed by atoms with Crippen molar-refractivity contribution in [2.24, 2.45) is 0 Å². The number of hydrogen-bond acceptors (Lipinski definition) is 4. The maximum atomic E-state index is 12.7.